The number of halogens is 2. The maximum Gasteiger partial charge on any atom is 0.434 e. The summed E-state index contributed by atoms with van der Waals surface area (Å²) in [5.41, 5.74) is 0. The average Bonchev–Trinajstić information content (AvgIpc) is 1.31. The average molecular weight is 128 g/mol. The van der Waals surface area contributed by atoms with Crippen molar-refractivity contribution in [1.82, 2.24) is 0 Å². The van der Waals surface area contributed by atoms with Crippen LogP contribution >= 0.6 is 11.6 Å². The van der Waals surface area contributed by atoms with E-state index in [-0.39, 0.29) is 0 Å². The highest BCUT2D eigenvalue weighted by Crippen LogP contribution is 2.14. The van der Waals surface area contributed by atoms with E-state index in [0.717, 1.165) is 0 Å². The molecule has 0 fully saturated rings. The van der Waals surface area contributed by atoms with Crippen LogP contribution in [0.15, 0.2) is 0 Å². The summed E-state index contributed by atoms with van der Waals surface area (Å²) in [6.45, 7) is 0.661. The second kappa shape index (κ2) is 1.61. The van der Waals surface area contributed by atoms with Gasteiger partial charge in [-0.1, -0.05) is 0 Å². The Balaban J connectivity index is 3.79. The van der Waals surface area contributed by atoms with Crippen LogP contribution in [0.1, 0.15) is 6.92 Å². The molecular formula is C2H3ClFNO2. The zero-order valence-corrected chi connectivity index (χ0v) is 4.28. The molecule has 5 heteroatoms. The number of hydrogen-bond donors (Lipinski definition) is 0. The number of rotatable bonds is 1. The van der Waals surface area contributed by atoms with Crippen molar-refractivity contribution in [2.45, 2.75) is 12.2 Å². The molecule has 0 saturated heterocycles. The highest BCUT2D eigenvalue weighted by atomic mass is 35.5. The molecule has 0 spiro atoms. The molecule has 7 heavy (non-hydrogen) atoms. The maximum atomic E-state index is 11.6. The molecule has 42 valence electrons. The van der Waals surface area contributed by atoms with Gasteiger partial charge in [-0.25, -0.2) is 0 Å². The van der Waals surface area contributed by atoms with E-state index in [1.165, 1.54) is 0 Å². The Hall–Kier alpha value is -0.380. The van der Waals surface area contributed by atoms with Gasteiger partial charge in [-0.05, 0) is 11.6 Å². The Morgan fingerprint density at radius 1 is 2.00 bits per heavy atom. The van der Waals surface area contributed by atoms with Gasteiger partial charge in [0.15, 0.2) is 0 Å². The van der Waals surface area contributed by atoms with Gasteiger partial charge in [-0.3, -0.25) is 10.1 Å². The molecule has 3 nitrogen and oxygen atoms in total. The van der Waals surface area contributed by atoms with Gasteiger partial charge in [-0.2, -0.15) is 4.39 Å². The predicted octanol–water partition coefficient (Wildman–Crippen LogP) is 1.15. The molecule has 0 rings (SSSR count). The maximum absolute atomic E-state index is 11.6. The van der Waals surface area contributed by atoms with Crippen LogP contribution in [0, 0.1) is 10.1 Å². The van der Waals surface area contributed by atoms with E-state index in [1.54, 1.807) is 0 Å². The lowest BCUT2D eigenvalue weighted by molar-refractivity contribution is -0.569. The third-order valence-corrected chi connectivity index (χ3v) is 0.459. The second-order valence-electron chi connectivity index (χ2n) is 1.10. The summed E-state index contributed by atoms with van der Waals surface area (Å²) in [5.74, 6) is 0. The van der Waals surface area contributed by atoms with Crippen molar-refractivity contribution < 1.29 is 9.31 Å². The molecule has 0 N–H and O–H groups in total. The van der Waals surface area contributed by atoms with Crippen LogP contribution in [0.3, 0.4) is 0 Å². The molecule has 0 bridgehead atoms. The standard InChI is InChI=1S/C2H3ClFNO2/c1-2(3,4)5(6)7/h1H3. The number of hydrogen-bond acceptors (Lipinski definition) is 2. The SMILES string of the molecule is CC(F)(Cl)[N+](=O)[O-]. The lowest BCUT2D eigenvalue weighted by Crippen LogP contribution is -2.20. The minimum atomic E-state index is -2.81. The van der Waals surface area contributed by atoms with Crippen molar-refractivity contribution in [3.63, 3.8) is 0 Å². The van der Waals surface area contributed by atoms with E-state index >= 15 is 0 Å². The second-order valence-corrected chi connectivity index (χ2v) is 1.79. The first kappa shape index (κ1) is 6.62. The molecule has 0 heterocycles. The van der Waals surface area contributed by atoms with Gasteiger partial charge in [0, 0.05) is 0 Å². The van der Waals surface area contributed by atoms with Crippen molar-refractivity contribution in [2.24, 2.45) is 0 Å². The molecule has 0 aliphatic carbocycles. The zero-order chi connectivity index (χ0) is 6.08. The molecule has 0 aromatic heterocycles. The molecule has 0 saturated carbocycles. The monoisotopic (exact) mass is 127 g/mol. The summed E-state index contributed by atoms with van der Waals surface area (Å²) < 4.78 is 11.6. The molecular weight excluding hydrogens is 124 g/mol. The third kappa shape index (κ3) is 2.33. The Morgan fingerprint density at radius 3 is 2.14 bits per heavy atom. The van der Waals surface area contributed by atoms with E-state index in [2.05, 4.69) is 11.6 Å². The topological polar surface area (TPSA) is 43.1 Å². The summed E-state index contributed by atoms with van der Waals surface area (Å²) in [4.78, 5) is 8.11. The van der Waals surface area contributed by atoms with Crippen LogP contribution in [0.4, 0.5) is 4.39 Å². The van der Waals surface area contributed by atoms with Gasteiger partial charge in [0.2, 0.25) is 0 Å². The molecule has 0 aromatic carbocycles. The van der Waals surface area contributed by atoms with Crippen molar-refractivity contribution in [3.05, 3.63) is 10.1 Å². The summed E-state index contributed by atoms with van der Waals surface area (Å²) >= 11 is 4.50. The molecule has 0 aliphatic rings. The van der Waals surface area contributed by atoms with E-state index in [9.17, 15) is 14.5 Å². The highest BCUT2D eigenvalue weighted by Gasteiger charge is 2.32. The Morgan fingerprint density at radius 2 is 2.14 bits per heavy atom. The molecule has 0 aromatic rings. The smallest absolute Gasteiger partial charge is 0.260 e. The first-order valence-electron chi connectivity index (χ1n) is 1.47. The van der Waals surface area contributed by atoms with Gasteiger partial charge in [0.1, 0.15) is 0 Å². The van der Waals surface area contributed by atoms with Crippen LogP contribution in [0.25, 0.3) is 0 Å². The highest BCUT2D eigenvalue weighted by molar-refractivity contribution is 6.21. The summed E-state index contributed by atoms with van der Waals surface area (Å²) in [6.07, 6.45) is 0. The number of alkyl halides is 2. The van der Waals surface area contributed by atoms with Crippen molar-refractivity contribution in [2.75, 3.05) is 0 Å². The third-order valence-electron chi connectivity index (χ3n) is 0.321. The Kier molecular flexibility index (Phi) is 1.53. The number of nitro groups is 1. The molecule has 0 amide bonds. The van der Waals surface area contributed by atoms with Crippen molar-refractivity contribution >= 4 is 11.6 Å². The van der Waals surface area contributed by atoms with Crippen LogP contribution in [-0.2, 0) is 0 Å². The van der Waals surface area contributed by atoms with Gasteiger partial charge < -0.3 is 0 Å². The van der Waals surface area contributed by atoms with E-state index < -0.39 is 10.2 Å². The van der Waals surface area contributed by atoms with Gasteiger partial charge >= 0.3 is 5.25 Å². The summed E-state index contributed by atoms with van der Waals surface area (Å²) in [6, 6.07) is 0. The fourth-order valence-corrected chi connectivity index (χ4v) is 0. The largest absolute Gasteiger partial charge is 0.434 e. The first-order chi connectivity index (χ1) is 2.94. The lowest BCUT2D eigenvalue weighted by Gasteiger charge is -1.97. The van der Waals surface area contributed by atoms with Crippen LogP contribution in [0.5, 0.6) is 0 Å². The quantitative estimate of drug-likeness (QED) is 0.230. The first-order valence-corrected chi connectivity index (χ1v) is 1.84. The van der Waals surface area contributed by atoms with E-state index in [0.29, 0.717) is 6.92 Å². The predicted molar refractivity (Wildman–Crippen MR) is 22.4 cm³/mol. The van der Waals surface area contributed by atoms with Gasteiger partial charge in [0.05, 0.1) is 11.8 Å². The normalized spacial score (nSPS) is 18.1. The molecule has 0 radical (unpaired) electrons. The molecule has 1 unspecified atom stereocenters. The summed E-state index contributed by atoms with van der Waals surface area (Å²) in [5, 5.41) is 6.51. The van der Waals surface area contributed by atoms with Crippen LogP contribution in [-0.4, -0.2) is 10.2 Å². The Bertz CT molecular complexity index is 88.2. The van der Waals surface area contributed by atoms with E-state index in [1.807, 2.05) is 0 Å². The van der Waals surface area contributed by atoms with Gasteiger partial charge in [0.25, 0.3) is 0 Å². The summed E-state index contributed by atoms with van der Waals surface area (Å²) in [7, 11) is 0. The van der Waals surface area contributed by atoms with Crippen LogP contribution < -0.4 is 0 Å². The van der Waals surface area contributed by atoms with E-state index in [4.69, 9.17) is 0 Å². The minimum absolute atomic E-state index is 0.661. The Labute approximate surface area is 44.2 Å². The molecule has 1 atom stereocenters. The van der Waals surface area contributed by atoms with Crippen molar-refractivity contribution in [1.29, 1.82) is 0 Å². The fraction of sp³-hybridized carbons (Fsp3) is 1.00. The van der Waals surface area contributed by atoms with Crippen LogP contribution in [0.2, 0.25) is 0 Å². The zero-order valence-electron chi connectivity index (χ0n) is 3.52. The molecule has 0 aliphatic heterocycles. The lowest BCUT2D eigenvalue weighted by atomic mass is 10.7. The number of nitrogens with zero attached hydrogens (tertiary/aromatic N) is 1. The fourth-order valence-electron chi connectivity index (χ4n) is 0. The van der Waals surface area contributed by atoms with Gasteiger partial charge in [-0.15, -0.1) is 0 Å². The van der Waals surface area contributed by atoms with Crippen molar-refractivity contribution in [3.8, 4) is 0 Å². The minimum Gasteiger partial charge on any atom is -0.260 e.